The summed E-state index contributed by atoms with van der Waals surface area (Å²) < 4.78 is 13.0. The van der Waals surface area contributed by atoms with Crippen LogP contribution in [0.2, 0.25) is 0 Å². The van der Waals surface area contributed by atoms with Crippen LogP contribution in [0.4, 0.5) is 0 Å². The first-order valence-corrected chi connectivity index (χ1v) is 6.95. The smallest absolute Gasteiger partial charge is 0.163 e. The van der Waals surface area contributed by atoms with Crippen molar-refractivity contribution in [2.45, 2.75) is 32.7 Å². The Hall–Kier alpha value is -1.75. The number of ether oxygens (including phenoxy) is 2. The normalized spacial score (nSPS) is 11.3. The van der Waals surface area contributed by atoms with Gasteiger partial charge in [0.2, 0.25) is 0 Å². The number of imidazole rings is 1. The standard InChI is InChI=1S/C15H23N3O2/c1-10(2)18-12-9-14(20-4)13(19-3)8-11(12)17-15(18)6-5-7-16/h8-10H,5-7,16H2,1-4H3. The van der Waals surface area contributed by atoms with Gasteiger partial charge in [-0.25, -0.2) is 4.98 Å². The highest BCUT2D eigenvalue weighted by molar-refractivity contribution is 5.80. The zero-order valence-corrected chi connectivity index (χ0v) is 12.6. The lowest BCUT2D eigenvalue weighted by Gasteiger charge is -2.14. The second kappa shape index (κ2) is 6.13. The summed E-state index contributed by atoms with van der Waals surface area (Å²) >= 11 is 0. The average Bonchev–Trinajstić information content (AvgIpc) is 2.80. The van der Waals surface area contributed by atoms with Crippen molar-refractivity contribution in [1.82, 2.24) is 9.55 Å². The minimum Gasteiger partial charge on any atom is -0.493 e. The first-order valence-electron chi connectivity index (χ1n) is 6.95. The summed E-state index contributed by atoms with van der Waals surface area (Å²) in [5.74, 6) is 2.50. The Morgan fingerprint density at radius 3 is 2.40 bits per heavy atom. The highest BCUT2D eigenvalue weighted by atomic mass is 16.5. The molecule has 2 aromatic rings. The summed E-state index contributed by atoms with van der Waals surface area (Å²) in [6.07, 6.45) is 1.82. The van der Waals surface area contributed by atoms with E-state index in [9.17, 15) is 0 Å². The molecule has 2 N–H and O–H groups in total. The maximum atomic E-state index is 5.61. The molecule has 0 aliphatic carbocycles. The molecule has 1 heterocycles. The van der Waals surface area contributed by atoms with Crippen LogP contribution in [0.5, 0.6) is 11.5 Å². The fraction of sp³-hybridized carbons (Fsp3) is 0.533. The maximum Gasteiger partial charge on any atom is 0.163 e. The van der Waals surface area contributed by atoms with Crippen LogP contribution in [0.25, 0.3) is 11.0 Å². The van der Waals surface area contributed by atoms with Crippen LogP contribution in [-0.2, 0) is 6.42 Å². The van der Waals surface area contributed by atoms with Crippen molar-refractivity contribution < 1.29 is 9.47 Å². The molecule has 1 aromatic carbocycles. The number of aryl methyl sites for hydroxylation is 1. The van der Waals surface area contributed by atoms with Crippen molar-refractivity contribution in [3.63, 3.8) is 0 Å². The van der Waals surface area contributed by atoms with Gasteiger partial charge in [-0.2, -0.15) is 0 Å². The molecule has 0 fully saturated rings. The van der Waals surface area contributed by atoms with Crippen LogP contribution in [0.15, 0.2) is 12.1 Å². The monoisotopic (exact) mass is 277 g/mol. The number of nitrogens with zero attached hydrogens (tertiary/aromatic N) is 2. The van der Waals surface area contributed by atoms with Gasteiger partial charge in [-0.1, -0.05) is 0 Å². The van der Waals surface area contributed by atoms with Gasteiger partial charge < -0.3 is 19.8 Å². The Morgan fingerprint density at radius 1 is 1.20 bits per heavy atom. The topological polar surface area (TPSA) is 62.3 Å². The first kappa shape index (κ1) is 14.7. The molecule has 0 unspecified atom stereocenters. The Bertz CT molecular complexity index is 590. The third-order valence-corrected chi connectivity index (χ3v) is 3.39. The number of benzene rings is 1. The Morgan fingerprint density at radius 2 is 1.85 bits per heavy atom. The summed E-state index contributed by atoms with van der Waals surface area (Å²) in [5.41, 5.74) is 7.62. The van der Waals surface area contributed by atoms with E-state index in [2.05, 4.69) is 18.4 Å². The van der Waals surface area contributed by atoms with E-state index in [-0.39, 0.29) is 0 Å². The maximum absolute atomic E-state index is 5.61. The van der Waals surface area contributed by atoms with Gasteiger partial charge in [0, 0.05) is 24.6 Å². The molecule has 5 heteroatoms. The third kappa shape index (κ3) is 2.58. The van der Waals surface area contributed by atoms with E-state index in [0.717, 1.165) is 35.4 Å². The fourth-order valence-corrected chi connectivity index (χ4v) is 2.48. The highest BCUT2D eigenvalue weighted by Crippen LogP contribution is 2.33. The van der Waals surface area contributed by atoms with Gasteiger partial charge >= 0.3 is 0 Å². The summed E-state index contributed by atoms with van der Waals surface area (Å²) in [6.45, 7) is 4.99. The van der Waals surface area contributed by atoms with Crippen molar-refractivity contribution in [3.05, 3.63) is 18.0 Å². The molecule has 20 heavy (non-hydrogen) atoms. The quantitative estimate of drug-likeness (QED) is 0.881. The van der Waals surface area contributed by atoms with Crippen LogP contribution in [0.3, 0.4) is 0 Å². The summed E-state index contributed by atoms with van der Waals surface area (Å²) in [4.78, 5) is 4.73. The van der Waals surface area contributed by atoms with Crippen molar-refractivity contribution in [3.8, 4) is 11.5 Å². The van der Waals surface area contributed by atoms with E-state index >= 15 is 0 Å². The van der Waals surface area contributed by atoms with Gasteiger partial charge in [0.1, 0.15) is 5.82 Å². The first-order chi connectivity index (χ1) is 9.62. The van der Waals surface area contributed by atoms with Crippen LogP contribution in [0, 0.1) is 0 Å². The Labute approximate surface area is 119 Å². The number of methoxy groups -OCH3 is 2. The van der Waals surface area contributed by atoms with E-state index in [1.807, 2.05) is 12.1 Å². The zero-order valence-electron chi connectivity index (χ0n) is 12.6. The zero-order chi connectivity index (χ0) is 14.7. The van der Waals surface area contributed by atoms with Gasteiger partial charge in [-0.05, 0) is 26.8 Å². The van der Waals surface area contributed by atoms with Crippen molar-refractivity contribution >= 4 is 11.0 Å². The van der Waals surface area contributed by atoms with E-state index in [1.165, 1.54) is 0 Å². The van der Waals surface area contributed by atoms with Gasteiger partial charge in [0.15, 0.2) is 11.5 Å². The molecule has 0 saturated carbocycles. The number of rotatable bonds is 6. The molecule has 2 rings (SSSR count). The molecular formula is C15H23N3O2. The molecule has 110 valence electrons. The molecule has 0 amide bonds. The SMILES string of the molecule is COc1cc2nc(CCCN)n(C(C)C)c2cc1OC. The lowest BCUT2D eigenvalue weighted by Crippen LogP contribution is -2.09. The van der Waals surface area contributed by atoms with Gasteiger partial charge in [0.05, 0.1) is 25.3 Å². The molecule has 0 bridgehead atoms. The summed E-state index contributed by atoms with van der Waals surface area (Å²) in [6, 6.07) is 4.26. The molecule has 0 spiro atoms. The molecule has 0 radical (unpaired) electrons. The van der Waals surface area contributed by atoms with Crippen molar-refractivity contribution in [2.75, 3.05) is 20.8 Å². The molecule has 0 saturated heterocycles. The number of aromatic nitrogens is 2. The van der Waals surface area contributed by atoms with Crippen LogP contribution in [-0.4, -0.2) is 30.3 Å². The van der Waals surface area contributed by atoms with Gasteiger partial charge in [-0.15, -0.1) is 0 Å². The molecule has 0 atom stereocenters. The van der Waals surface area contributed by atoms with Crippen molar-refractivity contribution in [1.29, 1.82) is 0 Å². The largest absolute Gasteiger partial charge is 0.493 e. The predicted octanol–water partition coefficient (Wildman–Crippen LogP) is 2.53. The third-order valence-electron chi connectivity index (χ3n) is 3.39. The number of hydrogen-bond donors (Lipinski definition) is 1. The van der Waals surface area contributed by atoms with Crippen molar-refractivity contribution in [2.24, 2.45) is 5.73 Å². The van der Waals surface area contributed by atoms with Crippen LogP contribution >= 0.6 is 0 Å². The van der Waals surface area contributed by atoms with E-state index in [0.29, 0.717) is 18.3 Å². The van der Waals surface area contributed by atoms with Gasteiger partial charge in [-0.3, -0.25) is 0 Å². The van der Waals surface area contributed by atoms with E-state index < -0.39 is 0 Å². The molecular weight excluding hydrogens is 254 g/mol. The fourth-order valence-electron chi connectivity index (χ4n) is 2.48. The Balaban J connectivity index is 2.61. The average molecular weight is 277 g/mol. The summed E-state index contributed by atoms with van der Waals surface area (Å²) in [5, 5.41) is 0. The molecule has 0 aliphatic rings. The van der Waals surface area contributed by atoms with E-state index in [1.54, 1.807) is 14.2 Å². The lowest BCUT2D eigenvalue weighted by molar-refractivity contribution is 0.355. The van der Waals surface area contributed by atoms with Crippen LogP contribution < -0.4 is 15.2 Å². The molecule has 5 nitrogen and oxygen atoms in total. The second-order valence-electron chi connectivity index (χ2n) is 5.08. The van der Waals surface area contributed by atoms with E-state index in [4.69, 9.17) is 20.2 Å². The van der Waals surface area contributed by atoms with Crippen LogP contribution in [0.1, 0.15) is 32.1 Å². The minimum absolute atomic E-state index is 0.339. The number of nitrogens with two attached hydrogens (primary N) is 1. The van der Waals surface area contributed by atoms with Gasteiger partial charge in [0.25, 0.3) is 0 Å². The highest BCUT2D eigenvalue weighted by Gasteiger charge is 2.16. The predicted molar refractivity (Wildman–Crippen MR) is 80.6 cm³/mol. The molecule has 1 aromatic heterocycles. The Kier molecular flexibility index (Phi) is 4.49. The lowest BCUT2D eigenvalue weighted by atomic mass is 10.2. The number of hydrogen-bond acceptors (Lipinski definition) is 4. The molecule has 0 aliphatic heterocycles. The minimum atomic E-state index is 0.339. The summed E-state index contributed by atoms with van der Waals surface area (Å²) in [7, 11) is 3.29. The second-order valence-corrected chi connectivity index (χ2v) is 5.08. The number of fused-ring (bicyclic) bond motifs is 1.